The van der Waals surface area contributed by atoms with Crippen LogP contribution < -0.4 is 14.8 Å². The lowest BCUT2D eigenvalue weighted by molar-refractivity contribution is -0.619. The molecular weight excluding hydrogens is 387 g/mol. The minimum absolute atomic E-state index is 0.111. The third-order valence-corrected chi connectivity index (χ3v) is 5.08. The number of nitrogens with zero attached hydrogens (tertiary/aromatic N) is 1. The standard InChI is InChI=1S/C20H24Cl2N2O3/c1-6-13-9-15(21)10-14(7-2)18(13)23-20(25)16-11(4)24(26)12(5)19(17(16)22)27-8-3/h9-10H,6-8H2,1-5H3,(H,23,25). The summed E-state index contributed by atoms with van der Waals surface area (Å²) < 4.78 is 6.18. The van der Waals surface area contributed by atoms with Crippen molar-refractivity contribution < 1.29 is 14.3 Å². The van der Waals surface area contributed by atoms with Crippen LogP contribution >= 0.6 is 23.2 Å². The molecule has 1 aromatic carbocycles. The molecule has 0 aliphatic rings. The number of nitrogens with one attached hydrogen (secondary N) is 1. The fourth-order valence-corrected chi connectivity index (χ4v) is 3.75. The predicted octanol–water partition coefficient (Wildman–Crippen LogP) is 5.02. The lowest BCUT2D eigenvalue weighted by atomic mass is 10.0. The zero-order valence-electron chi connectivity index (χ0n) is 16.2. The van der Waals surface area contributed by atoms with Crippen LogP contribution in [0.1, 0.15) is 53.6 Å². The van der Waals surface area contributed by atoms with Gasteiger partial charge in [0.25, 0.3) is 5.91 Å². The summed E-state index contributed by atoms with van der Waals surface area (Å²) >= 11 is 12.6. The molecule has 1 amide bonds. The van der Waals surface area contributed by atoms with E-state index in [4.69, 9.17) is 27.9 Å². The van der Waals surface area contributed by atoms with Crippen LogP contribution in [0.5, 0.6) is 5.75 Å². The number of pyridine rings is 1. The van der Waals surface area contributed by atoms with Crippen molar-refractivity contribution in [2.24, 2.45) is 0 Å². The summed E-state index contributed by atoms with van der Waals surface area (Å²) in [5.74, 6) is -0.220. The fourth-order valence-electron chi connectivity index (χ4n) is 3.07. The first-order chi connectivity index (χ1) is 12.8. The highest BCUT2D eigenvalue weighted by Gasteiger charge is 2.28. The molecule has 0 bridgehead atoms. The van der Waals surface area contributed by atoms with Gasteiger partial charge in [0, 0.05) is 24.6 Å². The smallest absolute Gasteiger partial charge is 0.263 e. The van der Waals surface area contributed by atoms with Crippen molar-refractivity contribution >= 4 is 34.8 Å². The normalized spacial score (nSPS) is 10.8. The fraction of sp³-hybridized carbons (Fsp3) is 0.400. The van der Waals surface area contributed by atoms with Gasteiger partial charge in [-0.1, -0.05) is 37.0 Å². The van der Waals surface area contributed by atoms with Gasteiger partial charge in [-0.25, -0.2) is 0 Å². The predicted molar refractivity (Wildman–Crippen MR) is 109 cm³/mol. The van der Waals surface area contributed by atoms with Gasteiger partial charge in [0.2, 0.25) is 17.1 Å². The van der Waals surface area contributed by atoms with Crippen LogP contribution in [0.15, 0.2) is 12.1 Å². The summed E-state index contributed by atoms with van der Waals surface area (Å²) in [6.45, 7) is 9.29. The van der Waals surface area contributed by atoms with Crippen LogP contribution in [0.2, 0.25) is 10.0 Å². The van der Waals surface area contributed by atoms with E-state index >= 15 is 0 Å². The molecule has 7 heteroatoms. The van der Waals surface area contributed by atoms with Crippen LogP contribution in [-0.2, 0) is 12.8 Å². The largest absolute Gasteiger partial charge is 0.618 e. The van der Waals surface area contributed by atoms with Crippen LogP contribution in [0, 0.1) is 19.1 Å². The number of hydrogen-bond acceptors (Lipinski definition) is 3. The van der Waals surface area contributed by atoms with Gasteiger partial charge in [-0.2, -0.15) is 4.73 Å². The van der Waals surface area contributed by atoms with E-state index < -0.39 is 5.91 Å². The highest BCUT2D eigenvalue weighted by Crippen LogP contribution is 2.33. The number of benzene rings is 1. The molecule has 0 saturated carbocycles. The Bertz CT molecular complexity index is 857. The van der Waals surface area contributed by atoms with Crippen LogP contribution in [0.3, 0.4) is 0 Å². The van der Waals surface area contributed by atoms with Crippen molar-refractivity contribution in [1.82, 2.24) is 0 Å². The minimum atomic E-state index is -0.449. The van der Waals surface area contributed by atoms with Crippen molar-refractivity contribution in [3.63, 3.8) is 0 Å². The van der Waals surface area contributed by atoms with E-state index in [2.05, 4.69) is 5.32 Å². The quantitative estimate of drug-likeness (QED) is 0.536. The van der Waals surface area contributed by atoms with E-state index in [0.717, 1.165) is 11.1 Å². The summed E-state index contributed by atoms with van der Waals surface area (Å²) in [5.41, 5.74) is 3.22. The van der Waals surface area contributed by atoms with Gasteiger partial charge >= 0.3 is 0 Å². The van der Waals surface area contributed by atoms with Crippen LogP contribution in [-0.4, -0.2) is 12.5 Å². The molecule has 0 radical (unpaired) electrons. The highest BCUT2D eigenvalue weighted by molar-refractivity contribution is 6.36. The molecule has 1 aromatic heterocycles. The van der Waals surface area contributed by atoms with Gasteiger partial charge in [0.05, 0.1) is 6.61 Å². The Balaban J connectivity index is 2.58. The van der Waals surface area contributed by atoms with Gasteiger partial charge in [-0.3, -0.25) is 4.79 Å². The first-order valence-corrected chi connectivity index (χ1v) is 9.69. The molecule has 0 saturated heterocycles. The number of ether oxygens (including phenoxy) is 1. The number of carbonyl (C=O) groups is 1. The number of aryl methyl sites for hydroxylation is 2. The molecule has 0 atom stereocenters. The molecule has 1 N–H and O–H groups in total. The Morgan fingerprint density at radius 2 is 1.67 bits per heavy atom. The van der Waals surface area contributed by atoms with Gasteiger partial charge in [0.15, 0.2) is 0 Å². The Hall–Kier alpha value is -1.98. The average Bonchev–Trinajstić information content (AvgIpc) is 2.64. The third-order valence-electron chi connectivity index (χ3n) is 4.50. The zero-order chi connectivity index (χ0) is 20.3. The summed E-state index contributed by atoms with van der Waals surface area (Å²) in [4.78, 5) is 13.1. The van der Waals surface area contributed by atoms with Crippen molar-refractivity contribution in [3.05, 3.63) is 55.5 Å². The minimum Gasteiger partial charge on any atom is -0.618 e. The number of hydrogen-bond donors (Lipinski definition) is 1. The summed E-state index contributed by atoms with van der Waals surface area (Å²) in [6.07, 6.45) is 1.41. The average molecular weight is 411 g/mol. The lowest BCUT2D eigenvalue weighted by Crippen LogP contribution is -2.37. The number of aromatic nitrogens is 1. The monoisotopic (exact) mass is 410 g/mol. The number of anilines is 1. The molecule has 2 rings (SSSR count). The van der Waals surface area contributed by atoms with E-state index in [1.54, 1.807) is 20.8 Å². The number of halogens is 2. The molecule has 1 heterocycles. The second-order valence-corrected chi connectivity index (χ2v) is 6.99. The summed E-state index contributed by atoms with van der Waals surface area (Å²) in [7, 11) is 0. The van der Waals surface area contributed by atoms with E-state index in [1.807, 2.05) is 26.0 Å². The molecule has 0 spiro atoms. The van der Waals surface area contributed by atoms with Crippen molar-refractivity contribution in [2.75, 3.05) is 11.9 Å². The first-order valence-electron chi connectivity index (χ1n) is 8.94. The van der Waals surface area contributed by atoms with Crippen molar-refractivity contribution in [2.45, 2.75) is 47.5 Å². The van der Waals surface area contributed by atoms with Gasteiger partial charge < -0.3 is 15.3 Å². The topological polar surface area (TPSA) is 65.3 Å². The van der Waals surface area contributed by atoms with Gasteiger partial charge in [-0.05, 0) is 43.0 Å². The maximum Gasteiger partial charge on any atom is 0.263 e. The molecule has 0 fully saturated rings. The Kier molecular flexibility index (Phi) is 6.95. The molecule has 0 aliphatic heterocycles. The first kappa shape index (κ1) is 21.3. The number of amides is 1. The third kappa shape index (κ3) is 4.14. The van der Waals surface area contributed by atoms with E-state index in [1.165, 1.54) is 0 Å². The van der Waals surface area contributed by atoms with E-state index in [9.17, 15) is 10.0 Å². The maximum atomic E-state index is 13.1. The lowest BCUT2D eigenvalue weighted by Gasteiger charge is -2.18. The molecular formula is C20H24Cl2N2O3. The molecule has 2 aromatic rings. The molecule has 146 valence electrons. The highest BCUT2D eigenvalue weighted by atomic mass is 35.5. The van der Waals surface area contributed by atoms with Crippen LogP contribution in [0.25, 0.3) is 0 Å². The molecule has 0 unspecified atom stereocenters. The molecule has 0 aliphatic carbocycles. The number of carbonyl (C=O) groups excluding carboxylic acids is 1. The van der Waals surface area contributed by atoms with E-state index in [-0.39, 0.29) is 22.0 Å². The second-order valence-electron chi connectivity index (χ2n) is 6.18. The Morgan fingerprint density at radius 1 is 1.11 bits per heavy atom. The summed E-state index contributed by atoms with van der Waals surface area (Å²) in [6, 6.07) is 3.67. The van der Waals surface area contributed by atoms with Gasteiger partial charge in [0.1, 0.15) is 10.6 Å². The maximum absolute atomic E-state index is 13.1. The van der Waals surface area contributed by atoms with Crippen molar-refractivity contribution in [1.29, 1.82) is 0 Å². The molecule has 5 nitrogen and oxygen atoms in total. The SMILES string of the molecule is CCOc1c(Cl)c(C(=O)Nc2c(CC)cc(Cl)cc2CC)c(C)[n+]([O-])c1C. The molecule has 27 heavy (non-hydrogen) atoms. The van der Waals surface area contributed by atoms with Gasteiger partial charge in [-0.15, -0.1) is 0 Å². The number of rotatable bonds is 6. The van der Waals surface area contributed by atoms with Crippen LogP contribution in [0.4, 0.5) is 5.69 Å². The van der Waals surface area contributed by atoms with Crippen molar-refractivity contribution in [3.8, 4) is 5.75 Å². The second kappa shape index (κ2) is 8.81. The van der Waals surface area contributed by atoms with E-state index in [0.29, 0.717) is 40.6 Å². The Morgan fingerprint density at radius 3 is 2.15 bits per heavy atom. The zero-order valence-corrected chi connectivity index (χ0v) is 17.7. The Labute approximate surface area is 169 Å². The summed E-state index contributed by atoms with van der Waals surface area (Å²) in [5, 5.41) is 16.2.